The van der Waals surface area contributed by atoms with E-state index < -0.39 is 6.11 Å². The van der Waals surface area contributed by atoms with Crippen LogP contribution in [0.3, 0.4) is 0 Å². The largest absolute Gasteiger partial charge is 0.356 e. The molecule has 0 heterocycles. The van der Waals surface area contributed by atoms with Crippen molar-refractivity contribution in [3.8, 4) is 0 Å². The standard InChI is InChI=1S/C29H44F2O/c1-3-5-6-8-24-13-17-27(18-14-24)28-19-15-26(16-20-28)22-32-29(30,31)21-25-11-9-23(7-4-2)10-12-25/h4,7,15-16,19-20,23-25,27H,3,5-6,8-14,17-18,21-22H2,1-2H3. The molecule has 0 N–H and O–H groups in total. The van der Waals surface area contributed by atoms with Gasteiger partial charge in [-0.05, 0) is 93.1 Å². The topological polar surface area (TPSA) is 9.23 Å². The van der Waals surface area contributed by atoms with E-state index in [1.807, 2.05) is 19.1 Å². The monoisotopic (exact) mass is 446 g/mol. The number of ether oxygens (including phenoxy) is 1. The Hall–Kier alpha value is -1.22. The molecule has 0 amide bonds. The van der Waals surface area contributed by atoms with Crippen molar-refractivity contribution in [1.82, 2.24) is 0 Å². The lowest BCUT2D eigenvalue weighted by Crippen LogP contribution is -2.26. The Bertz CT molecular complexity index is 665. The Morgan fingerprint density at radius 3 is 2.19 bits per heavy atom. The fourth-order valence-electron chi connectivity index (χ4n) is 5.79. The van der Waals surface area contributed by atoms with E-state index in [0.717, 1.165) is 37.2 Å². The van der Waals surface area contributed by atoms with Gasteiger partial charge in [-0.2, -0.15) is 8.78 Å². The van der Waals surface area contributed by atoms with Crippen molar-refractivity contribution in [2.24, 2.45) is 17.8 Å². The first-order valence-electron chi connectivity index (χ1n) is 13.2. The maximum Gasteiger partial charge on any atom is 0.356 e. The van der Waals surface area contributed by atoms with Gasteiger partial charge in [-0.1, -0.05) is 69.0 Å². The van der Waals surface area contributed by atoms with E-state index in [-0.39, 0.29) is 18.9 Å². The molecule has 1 nitrogen and oxygen atoms in total. The summed E-state index contributed by atoms with van der Waals surface area (Å²) in [5, 5.41) is 0. The van der Waals surface area contributed by atoms with Crippen LogP contribution >= 0.6 is 0 Å². The number of benzene rings is 1. The summed E-state index contributed by atoms with van der Waals surface area (Å²) in [4.78, 5) is 0. The van der Waals surface area contributed by atoms with Crippen LogP contribution in [-0.4, -0.2) is 6.11 Å². The molecular weight excluding hydrogens is 402 g/mol. The van der Waals surface area contributed by atoms with Crippen LogP contribution in [-0.2, 0) is 11.3 Å². The van der Waals surface area contributed by atoms with Crippen LogP contribution in [0, 0.1) is 17.8 Å². The van der Waals surface area contributed by atoms with Gasteiger partial charge >= 0.3 is 6.11 Å². The van der Waals surface area contributed by atoms with Crippen molar-refractivity contribution in [3.05, 3.63) is 47.5 Å². The molecule has 2 aliphatic rings. The highest BCUT2D eigenvalue weighted by Crippen LogP contribution is 2.39. The predicted octanol–water partition coefficient (Wildman–Crippen LogP) is 9.42. The molecule has 0 spiro atoms. The van der Waals surface area contributed by atoms with E-state index in [9.17, 15) is 8.78 Å². The fourth-order valence-corrected chi connectivity index (χ4v) is 5.79. The lowest BCUT2D eigenvalue weighted by Gasteiger charge is -2.29. The van der Waals surface area contributed by atoms with Crippen molar-refractivity contribution >= 4 is 0 Å². The van der Waals surface area contributed by atoms with E-state index in [1.165, 1.54) is 56.9 Å². The maximum absolute atomic E-state index is 14.4. The molecule has 0 bridgehead atoms. The second kappa shape index (κ2) is 12.9. The molecule has 2 aliphatic carbocycles. The Morgan fingerprint density at radius 1 is 0.906 bits per heavy atom. The van der Waals surface area contributed by atoms with E-state index in [4.69, 9.17) is 4.74 Å². The first-order chi connectivity index (χ1) is 15.5. The second-order valence-corrected chi connectivity index (χ2v) is 10.4. The zero-order valence-corrected chi connectivity index (χ0v) is 20.3. The van der Waals surface area contributed by atoms with Gasteiger partial charge in [-0.3, -0.25) is 0 Å². The third kappa shape index (κ3) is 8.28. The molecule has 0 radical (unpaired) electrons. The first-order valence-corrected chi connectivity index (χ1v) is 13.2. The molecule has 180 valence electrons. The van der Waals surface area contributed by atoms with E-state index in [1.54, 1.807) is 0 Å². The summed E-state index contributed by atoms with van der Waals surface area (Å²) in [5.74, 6) is 2.18. The summed E-state index contributed by atoms with van der Waals surface area (Å²) in [6.45, 7) is 4.29. The molecule has 1 aromatic carbocycles. The number of rotatable bonds is 11. The Kier molecular flexibility index (Phi) is 10.2. The van der Waals surface area contributed by atoms with Crippen LogP contribution in [0.1, 0.15) is 114 Å². The molecule has 0 atom stereocenters. The second-order valence-electron chi connectivity index (χ2n) is 10.4. The summed E-state index contributed by atoms with van der Waals surface area (Å²) >= 11 is 0. The average molecular weight is 447 g/mol. The number of halogens is 2. The Balaban J connectivity index is 1.39. The van der Waals surface area contributed by atoms with Crippen molar-refractivity contribution in [1.29, 1.82) is 0 Å². The highest BCUT2D eigenvalue weighted by atomic mass is 19.3. The average Bonchev–Trinajstić information content (AvgIpc) is 2.80. The quantitative estimate of drug-likeness (QED) is 0.243. The number of hydrogen-bond donors (Lipinski definition) is 0. The van der Waals surface area contributed by atoms with Gasteiger partial charge in [-0.25, -0.2) is 0 Å². The van der Waals surface area contributed by atoms with E-state index in [2.05, 4.69) is 31.2 Å². The van der Waals surface area contributed by atoms with Crippen LogP contribution in [0.4, 0.5) is 8.78 Å². The Labute approximate surface area is 195 Å². The van der Waals surface area contributed by atoms with Crippen LogP contribution in [0.5, 0.6) is 0 Å². The minimum atomic E-state index is -3.03. The van der Waals surface area contributed by atoms with Crippen molar-refractivity contribution in [2.75, 3.05) is 0 Å². The lowest BCUT2D eigenvalue weighted by molar-refractivity contribution is -0.256. The molecule has 0 unspecified atom stereocenters. The van der Waals surface area contributed by atoms with Gasteiger partial charge < -0.3 is 4.74 Å². The molecule has 32 heavy (non-hydrogen) atoms. The molecule has 3 heteroatoms. The van der Waals surface area contributed by atoms with E-state index in [0.29, 0.717) is 11.8 Å². The molecule has 0 aromatic heterocycles. The molecule has 0 saturated heterocycles. The van der Waals surface area contributed by atoms with Gasteiger partial charge in [0.25, 0.3) is 0 Å². The first kappa shape index (κ1) is 25.4. The SMILES string of the molecule is CC=CC1CCC(CC(F)(F)OCc2ccc(C3CCC(CCCCC)CC3)cc2)CC1. The van der Waals surface area contributed by atoms with Crippen molar-refractivity contribution in [3.63, 3.8) is 0 Å². The molecule has 2 fully saturated rings. The predicted molar refractivity (Wildman–Crippen MR) is 130 cm³/mol. The zero-order chi connectivity index (χ0) is 22.8. The minimum Gasteiger partial charge on any atom is -0.316 e. The van der Waals surface area contributed by atoms with Gasteiger partial charge in [0.1, 0.15) is 0 Å². The van der Waals surface area contributed by atoms with Crippen LogP contribution in [0.15, 0.2) is 36.4 Å². The van der Waals surface area contributed by atoms with Gasteiger partial charge in [-0.15, -0.1) is 0 Å². The van der Waals surface area contributed by atoms with Gasteiger partial charge in [0, 0.05) is 6.42 Å². The van der Waals surface area contributed by atoms with Crippen LogP contribution < -0.4 is 0 Å². The van der Waals surface area contributed by atoms with Crippen LogP contribution in [0.2, 0.25) is 0 Å². The Morgan fingerprint density at radius 2 is 1.56 bits per heavy atom. The third-order valence-electron chi connectivity index (χ3n) is 7.85. The van der Waals surface area contributed by atoms with Gasteiger partial charge in [0.15, 0.2) is 0 Å². The summed E-state index contributed by atoms with van der Waals surface area (Å²) in [6.07, 6.45) is 15.5. The summed E-state index contributed by atoms with van der Waals surface area (Å²) in [5.41, 5.74) is 2.21. The normalized spacial score (nSPS) is 27.1. The van der Waals surface area contributed by atoms with Crippen molar-refractivity contribution in [2.45, 2.75) is 116 Å². The van der Waals surface area contributed by atoms with Gasteiger partial charge in [0.2, 0.25) is 0 Å². The summed E-state index contributed by atoms with van der Waals surface area (Å²) in [6, 6.07) is 8.25. The molecular formula is C29H44F2O. The number of alkyl halides is 2. The summed E-state index contributed by atoms with van der Waals surface area (Å²) < 4.78 is 33.9. The molecule has 2 saturated carbocycles. The number of unbranched alkanes of at least 4 members (excludes halogenated alkanes) is 2. The lowest BCUT2D eigenvalue weighted by atomic mass is 9.77. The molecule has 3 rings (SSSR count). The smallest absolute Gasteiger partial charge is 0.316 e. The zero-order valence-electron chi connectivity index (χ0n) is 20.3. The fraction of sp³-hybridized carbons (Fsp3) is 0.724. The maximum atomic E-state index is 14.4. The summed E-state index contributed by atoms with van der Waals surface area (Å²) in [7, 11) is 0. The van der Waals surface area contributed by atoms with Crippen LogP contribution in [0.25, 0.3) is 0 Å². The molecule has 1 aromatic rings. The minimum absolute atomic E-state index is 0.00856. The highest BCUT2D eigenvalue weighted by molar-refractivity contribution is 5.25. The highest BCUT2D eigenvalue weighted by Gasteiger charge is 2.35. The molecule has 0 aliphatic heterocycles. The van der Waals surface area contributed by atoms with Gasteiger partial charge in [0.05, 0.1) is 6.61 Å². The van der Waals surface area contributed by atoms with Crippen molar-refractivity contribution < 1.29 is 13.5 Å². The number of allylic oxidation sites excluding steroid dienone is 2. The van der Waals surface area contributed by atoms with E-state index >= 15 is 0 Å². The third-order valence-corrected chi connectivity index (χ3v) is 7.85. The number of hydrogen-bond acceptors (Lipinski definition) is 1.